The van der Waals surface area contributed by atoms with Crippen molar-refractivity contribution < 1.29 is 14.3 Å². The fourth-order valence-corrected chi connectivity index (χ4v) is 4.58. The quantitative estimate of drug-likeness (QED) is 0.292. The van der Waals surface area contributed by atoms with E-state index in [9.17, 15) is 14.3 Å². The molecule has 0 saturated carbocycles. The third kappa shape index (κ3) is 4.97. The minimum absolute atomic E-state index is 0.187. The number of alkyl halides is 1. The molecule has 1 amide bonds. The smallest absolute Gasteiger partial charge is 0.255 e. The summed E-state index contributed by atoms with van der Waals surface area (Å²) in [5, 5.41) is 29.7. The third-order valence-electron chi connectivity index (χ3n) is 5.78. The van der Waals surface area contributed by atoms with Gasteiger partial charge in [0.25, 0.3) is 5.91 Å². The van der Waals surface area contributed by atoms with Crippen LogP contribution < -0.4 is 10.6 Å². The number of benzene rings is 1. The number of fused-ring (bicyclic) bond motifs is 2. The van der Waals surface area contributed by atoms with E-state index in [1.165, 1.54) is 37.6 Å². The fourth-order valence-electron chi connectivity index (χ4n) is 3.70. The molecule has 0 unspecified atom stereocenters. The number of halogens is 1. The molecule has 0 aliphatic rings. The molecule has 186 valence electrons. The lowest BCUT2D eigenvalue weighted by Gasteiger charge is -2.22. The van der Waals surface area contributed by atoms with Crippen LogP contribution in [0, 0.1) is 11.3 Å². The number of nitrogens with zero attached hydrogens (tertiary/aromatic N) is 5. The molecule has 5 rings (SSSR count). The van der Waals surface area contributed by atoms with Crippen molar-refractivity contribution in [1.82, 2.24) is 24.9 Å². The molecule has 0 radical (unpaired) electrons. The maximum absolute atomic E-state index is 14.3. The summed E-state index contributed by atoms with van der Waals surface area (Å²) in [6.07, 6.45) is 1.22. The lowest BCUT2D eigenvalue weighted by Crippen LogP contribution is -2.42. The van der Waals surface area contributed by atoms with Gasteiger partial charge < -0.3 is 15.7 Å². The minimum atomic E-state index is -1.65. The molecule has 1 atom stereocenters. The van der Waals surface area contributed by atoms with Gasteiger partial charge >= 0.3 is 0 Å². The molecule has 5 aromatic rings. The average Bonchev–Trinajstić information content (AvgIpc) is 3.49. The Morgan fingerprint density at radius 3 is 2.81 bits per heavy atom. The predicted molar refractivity (Wildman–Crippen MR) is 140 cm³/mol. The maximum Gasteiger partial charge on any atom is 0.255 e. The lowest BCUT2D eigenvalue weighted by molar-refractivity contribution is -0.00177. The Labute approximate surface area is 215 Å². The highest BCUT2D eigenvalue weighted by atomic mass is 32.1. The first kappa shape index (κ1) is 24.3. The molecule has 11 heteroatoms. The van der Waals surface area contributed by atoms with Gasteiger partial charge in [-0.15, -0.1) is 0 Å². The Bertz CT molecular complexity index is 1630. The van der Waals surface area contributed by atoms with Crippen LogP contribution in [0.15, 0.2) is 60.9 Å². The van der Waals surface area contributed by atoms with Crippen molar-refractivity contribution in [2.75, 3.05) is 11.9 Å². The van der Waals surface area contributed by atoms with Crippen LogP contribution in [0.1, 0.15) is 29.8 Å². The molecule has 0 fully saturated rings. The average molecular weight is 516 g/mol. The van der Waals surface area contributed by atoms with Gasteiger partial charge in [0, 0.05) is 6.20 Å². The number of pyridine rings is 1. The van der Waals surface area contributed by atoms with E-state index in [0.29, 0.717) is 27.8 Å². The highest BCUT2D eigenvalue weighted by Crippen LogP contribution is 2.31. The SMILES string of the molecule is CC(C)(O)[C@H](F)CNC(=O)c1cnc(-c2ccc3cc(C#N)cnn23)cc1Nc1nc2ccccc2s1. The van der Waals surface area contributed by atoms with Gasteiger partial charge in [-0.05, 0) is 50.2 Å². The van der Waals surface area contributed by atoms with Gasteiger partial charge in [0.1, 0.15) is 12.2 Å². The summed E-state index contributed by atoms with van der Waals surface area (Å²) < 4.78 is 16.9. The number of para-hydroxylation sites is 1. The number of anilines is 2. The first-order chi connectivity index (χ1) is 17.7. The van der Waals surface area contributed by atoms with Crippen molar-refractivity contribution in [2.45, 2.75) is 25.6 Å². The Morgan fingerprint density at radius 1 is 1.24 bits per heavy atom. The molecule has 37 heavy (non-hydrogen) atoms. The highest BCUT2D eigenvalue weighted by molar-refractivity contribution is 7.22. The first-order valence-corrected chi connectivity index (χ1v) is 12.2. The molecule has 0 bridgehead atoms. The Balaban J connectivity index is 1.53. The van der Waals surface area contributed by atoms with Gasteiger partial charge in [0.05, 0.1) is 62.3 Å². The number of thiazole rings is 1. The molecule has 3 N–H and O–H groups in total. The van der Waals surface area contributed by atoms with E-state index < -0.39 is 17.7 Å². The normalized spacial score (nSPS) is 12.4. The van der Waals surface area contributed by atoms with E-state index in [0.717, 1.165) is 15.7 Å². The first-order valence-electron chi connectivity index (χ1n) is 11.4. The van der Waals surface area contributed by atoms with Crippen LogP contribution in [0.3, 0.4) is 0 Å². The molecule has 1 aromatic carbocycles. The third-order valence-corrected chi connectivity index (χ3v) is 6.74. The molecule has 4 aromatic heterocycles. The Hall–Kier alpha value is -4.40. The second-order valence-electron chi connectivity index (χ2n) is 8.97. The van der Waals surface area contributed by atoms with Crippen molar-refractivity contribution in [3.05, 3.63) is 72.1 Å². The molecule has 4 heterocycles. The van der Waals surface area contributed by atoms with Crippen LogP contribution in [0.25, 0.3) is 27.1 Å². The van der Waals surface area contributed by atoms with Crippen LogP contribution in [0.2, 0.25) is 0 Å². The van der Waals surface area contributed by atoms with Gasteiger partial charge in [-0.25, -0.2) is 13.9 Å². The van der Waals surface area contributed by atoms with Crippen LogP contribution in [-0.4, -0.2) is 48.9 Å². The summed E-state index contributed by atoms with van der Waals surface area (Å²) in [5.74, 6) is -0.550. The van der Waals surface area contributed by atoms with Crippen LogP contribution in [0.4, 0.5) is 15.2 Å². The van der Waals surface area contributed by atoms with Gasteiger partial charge in [-0.2, -0.15) is 10.4 Å². The van der Waals surface area contributed by atoms with Gasteiger partial charge in [0.15, 0.2) is 5.13 Å². The van der Waals surface area contributed by atoms with Crippen LogP contribution in [-0.2, 0) is 0 Å². The molecule has 0 saturated heterocycles. The number of nitrogens with one attached hydrogen (secondary N) is 2. The monoisotopic (exact) mass is 515 g/mol. The van der Waals surface area contributed by atoms with Gasteiger partial charge in [-0.3, -0.25) is 9.78 Å². The molecule has 9 nitrogen and oxygen atoms in total. The second-order valence-corrected chi connectivity index (χ2v) is 10.0. The fraction of sp³-hybridized carbons (Fsp3) is 0.192. The van der Waals surface area contributed by atoms with Crippen LogP contribution >= 0.6 is 11.3 Å². The number of carbonyl (C=O) groups excluding carboxylic acids is 1. The van der Waals surface area contributed by atoms with E-state index in [1.54, 1.807) is 16.6 Å². The standard InChI is InChI=1S/C26H22FN7O2S/c1-26(2,36)23(27)14-30-24(35)17-13-29-20(21-8-7-16-9-15(11-28)12-31-34(16)21)10-19(17)33-25-32-18-5-3-4-6-22(18)37-25/h3-10,12-13,23,36H,14H2,1-2H3,(H,30,35)(H,29,32,33)/t23-/m1/s1. The minimum Gasteiger partial charge on any atom is -0.387 e. The van der Waals surface area contributed by atoms with Crippen molar-refractivity contribution >= 4 is 43.8 Å². The van der Waals surface area contributed by atoms with E-state index >= 15 is 0 Å². The number of aliphatic hydroxyl groups is 1. The summed E-state index contributed by atoms with van der Waals surface area (Å²) in [4.78, 5) is 22.1. The number of hydrogen-bond donors (Lipinski definition) is 3. The van der Waals surface area contributed by atoms with Crippen molar-refractivity contribution in [3.8, 4) is 17.5 Å². The molecule has 0 aliphatic heterocycles. The zero-order chi connectivity index (χ0) is 26.2. The summed E-state index contributed by atoms with van der Waals surface area (Å²) in [5.41, 5.74) is 2.17. The number of amides is 1. The highest BCUT2D eigenvalue weighted by Gasteiger charge is 2.27. The van der Waals surface area contributed by atoms with E-state index in [4.69, 9.17) is 5.26 Å². The number of carbonyl (C=O) groups is 1. The number of aromatic nitrogens is 4. The number of nitriles is 1. The largest absolute Gasteiger partial charge is 0.387 e. The van der Waals surface area contributed by atoms with Crippen molar-refractivity contribution in [3.63, 3.8) is 0 Å². The van der Waals surface area contributed by atoms with Crippen molar-refractivity contribution in [2.24, 2.45) is 0 Å². The predicted octanol–water partition coefficient (Wildman–Crippen LogP) is 4.46. The summed E-state index contributed by atoms with van der Waals surface area (Å²) in [7, 11) is 0. The molecular formula is C26H22FN7O2S. The molecule has 0 aliphatic carbocycles. The summed E-state index contributed by atoms with van der Waals surface area (Å²) in [6, 6.07) is 16.8. The zero-order valence-electron chi connectivity index (χ0n) is 19.9. The summed E-state index contributed by atoms with van der Waals surface area (Å²) >= 11 is 1.43. The Morgan fingerprint density at radius 2 is 2.05 bits per heavy atom. The Kier molecular flexibility index (Phi) is 6.29. The van der Waals surface area contributed by atoms with Crippen molar-refractivity contribution in [1.29, 1.82) is 5.26 Å². The number of hydrogen-bond acceptors (Lipinski definition) is 8. The topological polar surface area (TPSA) is 128 Å². The zero-order valence-corrected chi connectivity index (χ0v) is 20.8. The van der Waals surface area contributed by atoms with E-state index in [1.807, 2.05) is 36.4 Å². The van der Waals surface area contributed by atoms with Crippen LogP contribution in [0.5, 0.6) is 0 Å². The number of rotatable bonds is 7. The van der Waals surface area contributed by atoms with Gasteiger partial charge in [-0.1, -0.05) is 23.5 Å². The van der Waals surface area contributed by atoms with Gasteiger partial charge in [0.2, 0.25) is 0 Å². The molecule has 0 spiro atoms. The summed E-state index contributed by atoms with van der Waals surface area (Å²) in [6.45, 7) is 2.32. The lowest BCUT2D eigenvalue weighted by atomic mass is 10.0. The second kappa shape index (κ2) is 9.57. The van der Waals surface area contributed by atoms with E-state index in [2.05, 4.69) is 31.8 Å². The van der Waals surface area contributed by atoms with E-state index in [-0.39, 0.29) is 12.1 Å². The molecular weight excluding hydrogens is 493 g/mol. The maximum atomic E-state index is 14.3.